The van der Waals surface area contributed by atoms with E-state index in [-0.39, 0.29) is 11.8 Å². The molecule has 1 N–H and O–H groups in total. The summed E-state index contributed by atoms with van der Waals surface area (Å²) < 4.78 is 0. The molecule has 2 aromatic rings. The first-order valence-electron chi connectivity index (χ1n) is 8.90. The average molecular weight is 388 g/mol. The predicted molar refractivity (Wildman–Crippen MR) is 104 cm³/mol. The zero-order valence-corrected chi connectivity index (χ0v) is 16.0. The number of benzene rings is 1. The topological polar surface area (TPSA) is 57.6 Å². The fourth-order valence-electron chi connectivity index (χ4n) is 3.74. The van der Waals surface area contributed by atoms with Crippen molar-refractivity contribution in [2.75, 3.05) is 13.1 Å². The summed E-state index contributed by atoms with van der Waals surface area (Å²) in [6.07, 6.45) is 2.20. The molecule has 1 aromatic heterocycles. The third kappa shape index (κ3) is 3.67. The predicted octanol–water partition coefficient (Wildman–Crippen LogP) is 4.22. The van der Waals surface area contributed by atoms with Crippen LogP contribution in [-0.2, 0) is 10.5 Å². The summed E-state index contributed by atoms with van der Waals surface area (Å²) in [5.41, 5.74) is 0.689. The highest BCUT2D eigenvalue weighted by atomic mass is 32.2. The lowest BCUT2D eigenvalue weighted by Crippen LogP contribution is -2.30. The minimum Gasteiger partial charge on any atom is -0.481 e. The molecular formula is C20H21NO3S2. The number of likely N-dealkylation sites (tertiary alicyclic amines) is 1. The van der Waals surface area contributed by atoms with Crippen molar-refractivity contribution in [1.29, 1.82) is 0 Å². The summed E-state index contributed by atoms with van der Waals surface area (Å²) >= 11 is 3.38. The molecule has 0 spiro atoms. The Kier molecular flexibility index (Phi) is 5.05. The van der Waals surface area contributed by atoms with Crippen LogP contribution >= 0.6 is 23.1 Å². The number of hydrogen-bond donors (Lipinski definition) is 1. The zero-order chi connectivity index (χ0) is 18.1. The van der Waals surface area contributed by atoms with Crippen molar-refractivity contribution in [3.63, 3.8) is 0 Å². The third-order valence-corrected chi connectivity index (χ3v) is 7.45. The van der Waals surface area contributed by atoms with Gasteiger partial charge < -0.3 is 10.0 Å². The quantitative estimate of drug-likeness (QED) is 0.754. The average Bonchev–Trinajstić information content (AvgIpc) is 3.18. The summed E-state index contributed by atoms with van der Waals surface area (Å²) in [5, 5.41) is 11.6. The van der Waals surface area contributed by atoms with Crippen LogP contribution in [0.1, 0.15) is 28.1 Å². The van der Waals surface area contributed by atoms with Crippen LogP contribution in [0.4, 0.5) is 0 Å². The summed E-state index contributed by atoms with van der Waals surface area (Å²) in [6, 6.07) is 11.8. The normalized spacial score (nSPS) is 22.5. The molecule has 0 radical (unpaired) electrons. The fourth-order valence-corrected chi connectivity index (χ4v) is 5.56. The maximum Gasteiger partial charge on any atom is 0.308 e. The molecule has 1 aliphatic heterocycles. The fraction of sp³-hybridized carbons (Fsp3) is 0.400. The monoisotopic (exact) mass is 387 g/mol. The Bertz CT molecular complexity index is 801. The van der Waals surface area contributed by atoms with E-state index >= 15 is 0 Å². The molecule has 2 heterocycles. The third-order valence-electron chi connectivity index (χ3n) is 5.26. The van der Waals surface area contributed by atoms with Crippen LogP contribution in [0, 0.1) is 17.8 Å². The van der Waals surface area contributed by atoms with Crippen molar-refractivity contribution < 1.29 is 14.7 Å². The second-order valence-corrected chi connectivity index (χ2v) is 9.07. The van der Waals surface area contributed by atoms with Crippen molar-refractivity contribution >= 4 is 35.0 Å². The van der Waals surface area contributed by atoms with Crippen molar-refractivity contribution in [1.82, 2.24) is 4.90 Å². The molecule has 0 unspecified atom stereocenters. The van der Waals surface area contributed by atoms with Gasteiger partial charge in [-0.05, 0) is 48.3 Å². The van der Waals surface area contributed by atoms with Gasteiger partial charge in [0, 0.05) is 28.6 Å². The number of hydrogen-bond acceptors (Lipinski definition) is 4. The lowest BCUT2D eigenvalue weighted by atomic mass is 9.92. The van der Waals surface area contributed by atoms with Gasteiger partial charge in [0.2, 0.25) is 0 Å². The van der Waals surface area contributed by atoms with Gasteiger partial charge in [0.15, 0.2) is 0 Å². The number of nitrogens with zero attached hydrogens (tertiary/aromatic N) is 1. The van der Waals surface area contributed by atoms with Gasteiger partial charge in [0.05, 0.1) is 11.5 Å². The van der Waals surface area contributed by atoms with Crippen LogP contribution < -0.4 is 0 Å². The molecule has 2 aliphatic rings. The molecule has 1 saturated carbocycles. The Morgan fingerprint density at radius 3 is 2.65 bits per heavy atom. The first kappa shape index (κ1) is 17.6. The van der Waals surface area contributed by atoms with E-state index < -0.39 is 11.9 Å². The second-order valence-electron chi connectivity index (χ2n) is 7.02. The highest BCUT2D eigenvalue weighted by Gasteiger charge is 2.47. The first-order valence-corrected chi connectivity index (χ1v) is 10.8. The van der Waals surface area contributed by atoms with Crippen molar-refractivity contribution in [2.24, 2.45) is 17.8 Å². The zero-order valence-electron chi connectivity index (χ0n) is 14.3. The van der Waals surface area contributed by atoms with Crippen molar-refractivity contribution in [3.8, 4) is 0 Å². The molecule has 1 aromatic carbocycles. The molecule has 6 heteroatoms. The van der Waals surface area contributed by atoms with Gasteiger partial charge in [-0.2, -0.15) is 0 Å². The summed E-state index contributed by atoms with van der Waals surface area (Å²) in [4.78, 5) is 28.7. The number of amides is 1. The van der Waals surface area contributed by atoms with E-state index in [2.05, 4.69) is 11.4 Å². The maximum atomic E-state index is 13.1. The second kappa shape index (κ2) is 7.45. The molecule has 1 aliphatic carbocycles. The highest BCUT2D eigenvalue weighted by molar-refractivity contribution is 7.98. The van der Waals surface area contributed by atoms with Crippen LogP contribution in [0.25, 0.3) is 0 Å². The standard InChI is InChI=1S/C20H21NO3S2/c22-19(21-10-16(13-7-8-13)17(11-21)20(23)24)15-5-1-2-6-18(15)26-12-14-4-3-9-25-14/h1-6,9,13,16-17H,7-8,10-12H2,(H,23,24)/t16-,17+/m1/s1. The molecule has 4 nitrogen and oxygen atoms in total. The van der Waals surface area contributed by atoms with Crippen LogP contribution in [0.15, 0.2) is 46.7 Å². The van der Waals surface area contributed by atoms with Crippen molar-refractivity contribution in [3.05, 3.63) is 52.2 Å². The van der Waals surface area contributed by atoms with E-state index in [0.29, 0.717) is 24.6 Å². The maximum absolute atomic E-state index is 13.1. The Labute approximate surface area is 161 Å². The van der Waals surface area contributed by atoms with E-state index in [1.54, 1.807) is 28.0 Å². The number of rotatable bonds is 6. The van der Waals surface area contributed by atoms with Crippen molar-refractivity contribution in [2.45, 2.75) is 23.5 Å². The minimum atomic E-state index is -0.766. The molecule has 2 atom stereocenters. The largest absolute Gasteiger partial charge is 0.481 e. The molecular weight excluding hydrogens is 366 g/mol. The SMILES string of the molecule is O=C(O)[C@H]1CN(C(=O)c2ccccc2SCc2cccs2)C[C@@H]1C1CC1. The lowest BCUT2D eigenvalue weighted by molar-refractivity contribution is -0.142. The Balaban J connectivity index is 1.50. The molecule has 0 bridgehead atoms. The Morgan fingerprint density at radius 2 is 1.96 bits per heavy atom. The number of carboxylic acids is 1. The van der Waals surface area contributed by atoms with Crippen LogP contribution in [-0.4, -0.2) is 35.0 Å². The molecule has 136 valence electrons. The smallest absolute Gasteiger partial charge is 0.308 e. The van der Waals surface area contributed by atoms with E-state index in [9.17, 15) is 14.7 Å². The van der Waals surface area contributed by atoms with Crippen LogP contribution in [0.3, 0.4) is 0 Å². The van der Waals surface area contributed by atoms with Gasteiger partial charge in [-0.15, -0.1) is 23.1 Å². The summed E-state index contributed by atoms with van der Waals surface area (Å²) in [5.74, 6) is 0.216. The van der Waals surface area contributed by atoms with E-state index in [4.69, 9.17) is 0 Å². The number of carboxylic acid groups (broad SMARTS) is 1. The van der Waals surface area contributed by atoms with E-state index in [1.165, 1.54) is 4.88 Å². The van der Waals surface area contributed by atoms with Gasteiger partial charge in [-0.25, -0.2) is 0 Å². The summed E-state index contributed by atoms with van der Waals surface area (Å²) in [6.45, 7) is 0.906. The van der Waals surface area contributed by atoms with Gasteiger partial charge in [0.1, 0.15) is 0 Å². The van der Waals surface area contributed by atoms with Gasteiger partial charge >= 0.3 is 5.97 Å². The molecule has 1 amide bonds. The van der Waals surface area contributed by atoms with E-state index in [0.717, 1.165) is 23.5 Å². The van der Waals surface area contributed by atoms with Gasteiger partial charge in [0.25, 0.3) is 5.91 Å². The number of thioether (sulfide) groups is 1. The van der Waals surface area contributed by atoms with Gasteiger partial charge in [-0.1, -0.05) is 18.2 Å². The van der Waals surface area contributed by atoms with E-state index in [1.807, 2.05) is 30.3 Å². The lowest BCUT2D eigenvalue weighted by Gasteiger charge is -2.18. The summed E-state index contributed by atoms with van der Waals surface area (Å²) in [7, 11) is 0. The first-order chi connectivity index (χ1) is 12.6. The number of carbonyl (C=O) groups is 2. The molecule has 2 fully saturated rings. The molecule has 4 rings (SSSR count). The Morgan fingerprint density at radius 1 is 1.15 bits per heavy atom. The minimum absolute atomic E-state index is 0.0336. The Hall–Kier alpha value is -1.79. The number of aliphatic carboxylic acids is 1. The molecule has 1 saturated heterocycles. The number of carbonyl (C=O) groups excluding carboxylic acids is 1. The molecule has 26 heavy (non-hydrogen) atoms. The number of thiophene rings is 1. The van der Waals surface area contributed by atoms with Crippen LogP contribution in [0.2, 0.25) is 0 Å². The highest BCUT2D eigenvalue weighted by Crippen LogP contribution is 2.44. The van der Waals surface area contributed by atoms with Gasteiger partial charge in [-0.3, -0.25) is 9.59 Å². The van der Waals surface area contributed by atoms with Crippen LogP contribution in [0.5, 0.6) is 0 Å².